The van der Waals surface area contributed by atoms with Crippen molar-refractivity contribution in [3.63, 3.8) is 0 Å². The molecule has 0 amide bonds. The Morgan fingerprint density at radius 1 is 0.280 bits per heavy atom. The van der Waals surface area contributed by atoms with E-state index in [-0.39, 0.29) is 76.5 Å². The molecule has 12 aromatic rings. The van der Waals surface area contributed by atoms with Crippen LogP contribution in [0.1, 0.15) is 230 Å². The number of rotatable bonds is 16. The Kier molecular flexibility index (Phi) is 27.7. The number of fused-ring (bicyclic) bond motifs is 12. The summed E-state index contributed by atoms with van der Waals surface area (Å²) >= 11 is 0. The first-order valence-corrected chi connectivity index (χ1v) is 39.2. The molecule has 3 saturated carbocycles. The van der Waals surface area contributed by atoms with Gasteiger partial charge in [-0.15, -0.1) is 52.7 Å². The van der Waals surface area contributed by atoms with Gasteiger partial charge >= 0.3 is 25.4 Å². The molecule has 4 aliphatic carbocycles. The Balaban J connectivity index is 0.000000153. The fraction of sp³-hybridized carbons (Fsp3) is 0.444. The van der Waals surface area contributed by atoms with E-state index >= 15 is 17.6 Å². The molecule has 8 aromatic carbocycles. The Morgan fingerprint density at radius 3 is 0.746 bits per heavy atom. The van der Waals surface area contributed by atoms with Crippen molar-refractivity contribution in [2.24, 2.45) is 23.7 Å². The number of alkyl halides is 12. The molecule has 4 aromatic heterocycles. The quantitative estimate of drug-likeness (QED) is 0.0884. The SMILES string of the molecule is C.C.CCCC1CC=C(c2ccc3c(oc4c(F)c(OC(F)(F)F)ccc43)c2F)CC1.CCCC1CCC(c2ccc3c(oc4c(F)c(OC(F)(F)F)ccc43)c2F)CC1.CCCC1CCC(c2ccc3c(oc4c(F)c(OC(F)(F)F)ccc43)c2F)CC1.CCCC1CCC(c2ccc3c(oc4c(F)c(OC(F)(F)F)ccc43)c2F)CC1. The number of hydrogen-bond acceptors (Lipinski definition) is 8. The normalized spacial score (nSPS) is 19.5. The fourth-order valence-electron chi connectivity index (χ4n) is 17.6. The molecule has 0 N–H and O–H groups in total. The van der Waals surface area contributed by atoms with Gasteiger partial charge in [0.2, 0.25) is 23.3 Å². The molecule has 0 spiro atoms. The number of ether oxygens (including phenoxy) is 4. The molecule has 4 aliphatic rings. The van der Waals surface area contributed by atoms with Crippen LogP contribution in [0.25, 0.3) is 93.3 Å². The van der Waals surface area contributed by atoms with Crippen LogP contribution in [0.4, 0.5) is 87.8 Å². The van der Waals surface area contributed by atoms with Gasteiger partial charge in [-0.1, -0.05) is 124 Å². The van der Waals surface area contributed by atoms with Crippen molar-refractivity contribution >= 4 is 93.3 Å². The largest absolute Gasteiger partial charge is 0.573 e. The summed E-state index contributed by atoms with van der Waals surface area (Å²) in [6, 6.07) is 21.7. The third kappa shape index (κ3) is 19.5. The molecule has 638 valence electrons. The molecule has 0 radical (unpaired) electrons. The molecule has 118 heavy (non-hydrogen) atoms. The van der Waals surface area contributed by atoms with Crippen LogP contribution >= 0.6 is 0 Å². The molecular formula is C90H90F20O8. The zero-order valence-corrected chi connectivity index (χ0v) is 63.4. The fourth-order valence-corrected chi connectivity index (χ4v) is 17.6. The number of allylic oxidation sites excluding steroid dienone is 2. The van der Waals surface area contributed by atoms with Crippen LogP contribution in [-0.4, -0.2) is 25.4 Å². The minimum absolute atomic E-state index is 0. The molecule has 3 fully saturated rings. The molecule has 0 aliphatic heterocycles. The maximum absolute atomic E-state index is 15.2. The summed E-state index contributed by atoms with van der Waals surface area (Å²) in [4.78, 5) is 0. The monoisotopic (exact) mass is 1680 g/mol. The zero-order chi connectivity index (χ0) is 83.0. The highest BCUT2D eigenvalue weighted by molar-refractivity contribution is 6.09. The van der Waals surface area contributed by atoms with Gasteiger partial charge in [0.15, 0.2) is 90.9 Å². The first-order valence-electron chi connectivity index (χ1n) is 39.2. The van der Waals surface area contributed by atoms with Crippen LogP contribution in [0, 0.1) is 70.2 Å². The van der Waals surface area contributed by atoms with Crippen LogP contribution in [0.3, 0.4) is 0 Å². The van der Waals surface area contributed by atoms with E-state index in [1.807, 2.05) is 6.08 Å². The van der Waals surface area contributed by atoms with E-state index in [0.29, 0.717) is 67.5 Å². The Hall–Kier alpha value is -9.50. The second-order valence-electron chi connectivity index (χ2n) is 30.6. The van der Waals surface area contributed by atoms with Crippen molar-refractivity contribution in [1.82, 2.24) is 0 Å². The van der Waals surface area contributed by atoms with E-state index in [9.17, 15) is 70.2 Å². The molecular weight excluding hydrogens is 1590 g/mol. The Morgan fingerprint density at radius 2 is 0.508 bits per heavy atom. The predicted octanol–water partition coefficient (Wildman–Crippen LogP) is 32.5. The first-order chi connectivity index (χ1) is 55.1. The average Bonchev–Trinajstić information content (AvgIpc) is 1.62. The molecule has 1 atom stereocenters. The molecule has 4 heterocycles. The standard InChI is InChI=1S/3C22H21F5O2.C22H19F5O2.2CH4/c4*1-2-3-12-4-6-13(7-5-12)14-8-9-15-16-10-11-17(29-22(25,26)27)19(24)21(16)28-20(15)18(14)23;;/h3*8-13H,2-7H2,1H3;6,8-12H,2-5,7H2,1H3;2*1H4. The lowest BCUT2D eigenvalue weighted by atomic mass is 9.77. The zero-order valence-electron chi connectivity index (χ0n) is 63.4. The maximum Gasteiger partial charge on any atom is 0.573 e. The van der Waals surface area contributed by atoms with Crippen LogP contribution < -0.4 is 18.9 Å². The Bertz CT molecular complexity index is 5140. The molecule has 8 nitrogen and oxygen atoms in total. The van der Waals surface area contributed by atoms with Crippen LogP contribution in [0.15, 0.2) is 121 Å². The minimum Gasteiger partial charge on any atom is -0.450 e. The van der Waals surface area contributed by atoms with Crippen LogP contribution in [0.5, 0.6) is 23.0 Å². The number of hydrogen-bond donors (Lipinski definition) is 0. The lowest BCUT2D eigenvalue weighted by Gasteiger charge is -2.28. The van der Waals surface area contributed by atoms with Crippen molar-refractivity contribution in [2.75, 3.05) is 0 Å². The Labute approximate surface area is 667 Å². The van der Waals surface area contributed by atoms with Crippen LogP contribution in [-0.2, 0) is 0 Å². The summed E-state index contributed by atoms with van der Waals surface area (Å²) in [7, 11) is 0. The van der Waals surface area contributed by atoms with Gasteiger partial charge in [0.05, 0.1) is 0 Å². The molecule has 16 rings (SSSR count). The third-order valence-electron chi connectivity index (χ3n) is 23.1. The summed E-state index contributed by atoms with van der Waals surface area (Å²) < 4.78 is 304. The van der Waals surface area contributed by atoms with Crippen LogP contribution in [0.2, 0.25) is 0 Å². The topological polar surface area (TPSA) is 89.5 Å². The summed E-state index contributed by atoms with van der Waals surface area (Å²) in [5, 5.41) is 2.13. The van der Waals surface area contributed by atoms with Gasteiger partial charge in [-0.2, -0.15) is 17.6 Å². The van der Waals surface area contributed by atoms with Gasteiger partial charge in [-0.05, 0) is 233 Å². The summed E-state index contributed by atoms with van der Waals surface area (Å²) in [5.74, 6) is -8.69. The van der Waals surface area contributed by atoms with E-state index in [4.69, 9.17) is 17.7 Å². The average molecular weight is 1680 g/mol. The van der Waals surface area contributed by atoms with Crippen molar-refractivity contribution in [1.29, 1.82) is 0 Å². The maximum atomic E-state index is 15.2. The van der Waals surface area contributed by atoms with E-state index in [2.05, 4.69) is 46.6 Å². The number of halogens is 20. The molecule has 0 bridgehead atoms. The van der Waals surface area contributed by atoms with Gasteiger partial charge in [-0.25, -0.2) is 17.6 Å². The molecule has 1 unspecified atom stereocenters. The van der Waals surface area contributed by atoms with E-state index < -0.39 is 117 Å². The molecule has 28 heteroatoms. The van der Waals surface area contributed by atoms with Crippen molar-refractivity contribution in [3.8, 4) is 23.0 Å². The highest BCUT2D eigenvalue weighted by Crippen LogP contribution is 2.49. The first kappa shape index (κ1) is 89.3. The van der Waals surface area contributed by atoms with Crippen molar-refractivity contribution < 1.29 is 124 Å². The second kappa shape index (κ2) is 36.6. The summed E-state index contributed by atoms with van der Waals surface area (Å²) in [6.45, 7) is 8.61. The van der Waals surface area contributed by atoms with Gasteiger partial charge in [0, 0.05) is 48.7 Å². The second-order valence-corrected chi connectivity index (χ2v) is 30.6. The van der Waals surface area contributed by atoms with Gasteiger partial charge in [0.25, 0.3) is 0 Å². The minimum atomic E-state index is -5.04. The van der Waals surface area contributed by atoms with Gasteiger partial charge in [-0.3, -0.25) is 0 Å². The van der Waals surface area contributed by atoms with E-state index in [1.165, 1.54) is 43.5 Å². The van der Waals surface area contributed by atoms with Crippen molar-refractivity contribution in [3.05, 3.63) is 172 Å². The lowest BCUT2D eigenvalue weighted by molar-refractivity contribution is -0.276. The molecule has 0 saturated heterocycles. The number of benzene rings is 8. The highest BCUT2D eigenvalue weighted by atomic mass is 19.4. The van der Waals surface area contributed by atoms with Gasteiger partial charge < -0.3 is 36.6 Å². The van der Waals surface area contributed by atoms with E-state index in [1.54, 1.807) is 48.5 Å². The highest BCUT2D eigenvalue weighted by Gasteiger charge is 2.39. The summed E-state index contributed by atoms with van der Waals surface area (Å²) in [6.07, 6.45) is 5.25. The summed E-state index contributed by atoms with van der Waals surface area (Å²) in [5.41, 5.74) is 0.506. The third-order valence-corrected chi connectivity index (χ3v) is 23.1. The van der Waals surface area contributed by atoms with E-state index in [0.717, 1.165) is 158 Å². The van der Waals surface area contributed by atoms with Gasteiger partial charge in [0.1, 0.15) is 0 Å². The predicted molar refractivity (Wildman–Crippen MR) is 414 cm³/mol. The lowest BCUT2D eigenvalue weighted by Crippen LogP contribution is -2.17. The number of furan rings is 4. The van der Waals surface area contributed by atoms with Crippen molar-refractivity contribution in [2.45, 2.75) is 233 Å². The smallest absolute Gasteiger partial charge is 0.450 e.